The summed E-state index contributed by atoms with van der Waals surface area (Å²) < 4.78 is 14.2. The van der Waals surface area contributed by atoms with Crippen LogP contribution < -0.4 is 5.32 Å². The molecule has 138 valence electrons. The number of rotatable bonds is 4. The molecule has 0 bridgehead atoms. The van der Waals surface area contributed by atoms with E-state index in [0.29, 0.717) is 29.9 Å². The minimum atomic E-state index is -0.377. The van der Waals surface area contributed by atoms with Crippen molar-refractivity contribution in [3.8, 4) is 11.3 Å². The number of benzene rings is 2. The highest BCUT2D eigenvalue weighted by molar-refractivity contribution is 5.99. The Morgan fingerprint density at radius 2 is 1.93 bits per heavy atom. The van der Waals surface area contributed by atoms with Crippen molar-refractivity contribution in [3.05, 3.63) is 72.2 Å². The number of nitrogens with one attached hydrogen (secondary N) is 2. The standard InChI is InChI=1S/C21H21FN4O/c22-19-11-5-4-10-17(19)20-18(13-23-25-20)21(27)26-12-6-9-16(14-26)24-15-7-2-1-3-8-15/h1-5,7-8,10-11,13,16,24H,6,9,12,14H2,(H,23,25). The number of aromatic nitrogens is 2. The van der Waals surface area contributed by atoms with Crippen molar-refractivity contribution in [2.75, 3.05) is 18.4 Å². The molecule has 1 aliphatic heterocycles. The van der Waals surface area contributed by atoms with E-state index in [1.165, 1.54) is 12.3 Å². The summed E-state index contributed by atoms with van der Waals surface area (Å²) >= 11 is 0. The van der Waals surface area contributed by atoms with Gasteiger partial charge in [-0.25, -0.2) is 4.39 Å². The fraction of sp³-hybridized carbons (Fsp3) is 0.238. The molecule has 0 saturated carbocycles. The number of H-pyrrole nitrogens is 1. The average molecular weight is 364 g/mol. The number of hydrogen-bond donors (Lipinski definition) is 2. The SMILES string of the molecule is O=C(c1cn[nH]c1-c1ccccc1F)N1CCCC(Nc2ccccc2)C1. The average Bonchev–Trinajstić information content (AvgIpc) is 3.18. The van der Waals surface area contributed by atoms with Crippen LogP contribution in [0.1, 0.15) is 23.2 Å². The van der Waals surface area contributed by atoms with E-state index < -0.39 is 0 Å². The maximum absolute atomic E-state index is 14.2. The number of carbonyl (C=O) groups is 1. The lowest BCUT2D eigenvalue weighted by molar-refractivity contribution is 0.0715. The molecule has 4 rings (SSSR count). The van der Waals surface area contributed by atoms with Gasteiger partial charge in [-0.3, -0.25) is 9.89 Å². The zero-order valence-electron chi connectivity index (χ0n) is 14.9. The van der Waals surface area contributed by atoms with Crippen LogP contribution in [0.4, 0.5) is 10.1 Å². The van der Waals surface area contributed by atoms with Gasteiger partial charge in [-0.1, -0.05) is 30.3 Å². The third-order valence-corrected chi connectivity index (χ3v) is 4.87. The molecule has 2 N–H and O–H groups in total. The van der Waals surface area contributed by atoms with Crippen molar-refractivity contribution >= 4 is 11.6 Å². The van der Waals surface area contributed by atoms with Crippen molar-refractivity contribution in [1.82, 2.24) is 15.1 Å². The molecule has 1 unspecified atom stereocenters. The molecule has 2 aromatic carbocycles. The molecule has 1 aromatic heterocycles. The first-order valence-electron chi connectivity index (χ1n) is 9.11. The third kappa shape index (κ3) is 3.69. The van der Waals surface area contributed by atoms with E-state index in [9.17, 15) is 9.18 Å². The van der Waals surface area contributed by atoms with Gasteiger partial charge in [-0.05, 0) is 37.1 Å². The van der Waals surface area contributed by atoms with Crippen molar-refractivity contribution in [2.24, 2.45) is 0 Å². The minimum Gasteiger partial charge on any atom is -0.381 e. The first-order valence-corrected chi connectivity index (χ1v) is 9.11. The van der Waals surface area contributed by atoms with Crippen molar-refractivity contribution in [2.45, 2.75) is 18.9 Å². The van der Waals surface area contributed by atoms with Crippen LogP contribution in [0.5, 0.6) is 0 Å². The Morgan fingerprint density at radius 1 is 1.15 bits per heavy atom. The van der Waals surface area contributed by atoms with Gasteiger partial charge in [0.1, 0.15) is 5.82 Å². The second-order valence-electron chi connectivity index (χ2n) is 6.74. The first-order chi connectivity index (χ1) is 13.2. The molecule has 3 aromatic rings. The summed E-state index contributed by atoms with van der Waals surface area (Å²) in [6, 6.07) is 16.6. The molecule has 0 aliphatic carbocycles. The fourth-order valence-electron chi connectivity index (χ4n) is 3.54. The van der Waals surface area contributed by atoms with Gasteiger partial charge in [0.15, 0.2) is 0 Å². The fourth-order valence-corrected chi connectivity index (χ4v) is 3.54. The molecule has 1 amide bonds. The second kappa shape index (κ2) is 7.61. The van der Waals surface area contributed by atoms with E-state index in [4.69, 9.17) is 0 Å². The highest BCUT2D eigenvalue weighted by atomic mass is 19.1. The van der Waals surface area contributed by atoms with Gasteiger partial charge < -0.3 is 10.2 Å². The van der Waals surface area contributed by atoms with E-state index in [1.807, 2.05) is 35.2 Å². The topological polar surface area (TPSA) is 61.0 Å². The smallest absolute Gasteiger partial charge is 0.257 e. The van der Waals surface area contributed by atoms with Gasteiger partial charge in [0, 0.05) is 30.4 Å². The number of piperidine rings is 1. The van der Waals surface area contributed by atoms with Crippen molar-refractivity contribution in [1.29, 1.82) is 0 Å². The zero-order valence-corrected chi connectivity index (χ0v) is 14.9. The number of amides is 1. The van der Waals surface area contributed by atoms with E-state index in [1.54, 1.807) is 18.2 Å². The van der Waals surface area contributed by atoms with Crippen LogP contribution in [-0.2, 0) is 0 Å². The summed E-state index contributed by atoms with van der Waals surface area (Å²) in [5.41, 5.74) is 2.23. The third-order valence-electron chi connectivity index (χ3n) is 4.87. The molecule has 0 spiro atoms. The predicted octanol–water partition coefficient (Wildman–Crippen LogP) is 3.93. The Bertz CT molecular complexity index is 925. The zero-order chi connectivity index (χ0) is 18.6. The van der Waals surface area contributed by atoms with Gasteiger partial charge in [0.25, 0.3) is 5.91 Å². The van der Waals surface area contributed by atoms with Gasteiger partial charge in [-0.15, -0.1) is 0 Å². The maximum atomic E-state index is 14.2. The summed E-state index contributed by atoms with van der Waals surface area (Å²) in [5.74, 6) is -0.500. The summed E-state index contributed by atoms with van der Waals surface area (Å²) in [6.07, 6.45) is 3.41. The molecule has 1 aliphatic rings. The number of nitrogens with zero attached hydrogens (tertiary/aromatic N) is 2. The van der Waals surface area contributed by atoms with Crippen LogP contribution in [0.25, 0.3) is 11.3 Å². The van der Waals surface area contributed by atoms with Gasteiger partial charge in [0.05, 0.1) is 17.5 Å². The van der Waals surface area contributed by atoms with Crippen molar-refractivity contribution in [3.63, 3.8) is 0 Å². The maximum Gasteiger partial charge on any atom is 0.257 e. The Balaban J connectivity index is 1.52. The summed E-state index contributed by atoms with van der Waals surface area (Å²) in [4.78, 5) is 14.9. The quantitative estimate of drug-likeness (QED) is 0.737. The number of halogens is 1. The summed E-state index contributed by atoms with van der Waals surface area (Å²) in [6.45, 7) is 1.29. The molecule has 5 nitrogen and oxygen atoms in total. The molecule has 6 heteroatoms. The molecule has 1 fully saturated rings. The van der Waals surface area contributed by atoms with Crippen molar-refractivity contribution < 1.29 is 9.18 Å². The lowest BCUT2D eigenvalue weighted by Gasteiger charge is -2.33. The summed E-state index contributed by atoms with van der Waals surface area (Å²) in [7, 11) is 0. The number of aromatic amines is 1. The van der Waals surface area contributed by atoms with Gasteiger partial charge >= 0.3 is 0 Å². The van der Waals surface area contributed by atoms with E-state index in [0.717, 1.165) is 18.5 Å². The largest absolute Gasteiger partial charge is 0.381 e. The molecule has 2 heterocycles. The number of carbonyl (C=O) groups excluding carboxylic acids is 1. The Hall–Kier alpha value is -3.15. The van der Waals surface area contributed by atoms with E-state index in [2.05, 4.69) is 15.5 Å². The van der Waals surface area contributed by atoms with E-state index >= 15 is 0 Å². The number of hydrogen-bond acceptors (Lipinski definition) is 3. The molecular formula is C21H21FN4O. The second-order valence-corrected chi connectivity index (χ2v) is 6.74. The molecule has 0 radical (unpaired) electrons. The van der Waals surface area contributed by atoms with Gasteiger partial charge in [-0.2, -0.15) is 5.10 Å². The van der Waals surface area contributed by atoms with E-state index in [-0.39, 0.29) is 17.8 Å². The predicted molar refractivity (Wildman–Crippen MR) is 103 cm³/mol. The Labute approximate surface area is 157 Å². The Kier molecular flexibility index (Phi) is 4.87. The first kappa shape index (κ1) is 17.3. The number of para-hydroxylation sites is 1. The Morgan fingerprint density at radius 3 is 2.74 bits per heavy atom. The van der Waals surface area contributed by atoms with Gasteiger partial charge in [0.2, 0.25) is 0 Å². The number of likely N-dealkylation sites (tertiary alicyclic amines) is 1. The normalized spacial score (nSPS) is 16.9. The summed E-state index contributed by atoms with van der Waals surface area (Å²) in [5, 5.41) is 10.3. The molecule has 1 saturated heterocycles. The number of anilines is 1. The molecular weight excluding hydrogens is 343 g/mol. The molecule has 27 heavy (non-hydrogen) atoms. The lowest BCUT2D eigenvalue weighted by Crippen LogP contribution is -2.45. The highest BCUT2D eigenvalue weighted by Gasteiger charge is 2.27. The molecule has 1 atom stereocenters. The van der Waals surface area contributed by atoms with Crippen LogP contribution in [0.3, 0.4) is 0 Å². The van der Waals surface area contributed by atoms with Crippen LogP contribution >= 0.6 is 0 Å². The van der Waals surface area contributed by atoms with Crippen LogP contribution in [0.15, 0.2) is 60.8 Å². The minimum absolute atomic E-state index is 0.124. The van der Waals surface area contributed by atoms with Crippen LogP contribution in [0.2, 0.25) is 0 Å². The monoisotopic (exact) mass is 364 g/mol. The van der Waals surface area contributed by atoms with Crippen LogP contribution in [-0.4, -0.2) is 40.1 Å². The van der Waals surface area contributed by atoms with Crippen LogP contribution in [0, 0.1) is 5.82 Å². The lowest BCUT2D eigenvalue weighted by atomic mass is 10.0. The highest BCUT2D eigenvalue weighted by Crippen LogP contribution is 2.26.